The van der Waals surface area contributed by atoms with Crippen molar-refractivity contribution in [1.29, 1.82) is 0 Å². The first-order valence-corrected chi connectivity index (χ1v) is 7.86. The average Bonchev–Trinajstić information content (AvgIpc) is 2.09. The van der Waals surface area contributed by atoms with E-state index in [-0.39, 0.29) is 0 Å². The van der Waals surface area contributed by atoms with Gasteiger partial charge in [-0.05, 0) is 55.8 Å². The minimum atomic E-state index is 0.497. The zero-order chi connectivity index (χ0) is 14.0. The Labute approximate surface area is 115 Å². The molecule has 1 unspecified atom stereocenters. The van der Waals surface area contributed by atoms with Gasteiger partial charge >= 0.3 is 0 Å². The van der Waals surface area contributed by atoms with Crippen molar-refractivity contribution in [3.8, 4) is 0 Å². The first-order chi connectivity index (χ1) is 8.10. The van der Waals surface area contributed by atoms with Crippen molar-refractivity contribution in [3.63, 3.8) is 0 Å². The molecule has 1 atom stereocenters. The van der Waals surface area contributed by atoms with E-state index in [1.807, 2.05) is 0 Å². The van der Waals surface area contributed by atoms with Crippen molar-refractivity contribution in [2.24, 2.45) is 16.7 Å². The van der Waals surface area contributed by atoms with E-state index in [4.69, 9.17) is 0 Å². The summed E-state index contributed by atoms with van der Waals surface area (Å²) in [4.78, 5) is 0. The van der Waals surface area contributed by atoms with Crippen molar-refractivity contribution < 1.29 is 0 Å². The molecule has 0 aromatic heterocycles. The smallest absolute Gasteiger partial charge is 0.00797 e. The Bertz CT molecular complexity index is 236. The summed E-state index contributed by atoms with van der Waals surface area (Å²) in [7, 11) is 0. The second-order valence-corrected chi connectivity index (χ2v) is 8.65. The zero-order valence-electron chi connectivity index (χ0n) is 13.8. The van der Waals surface area contributed by atoms with Crippen LogP contribution in [0.2, 0.25) is 0 Å². The molecule has 0 aliphatic heterocycles. The fourth-order valence-corrected chi connectivity index (χ4v) is 4.03. The molecule has 0 heterocycles. The minimum Gasteiger partial charge on any atom is -0.311 e. The second-order valence-electron chi connectivity index (χ2n) is 8.65. The van der Waals surface area contributed by atoms with Gasteiger partial charge in [0, 0.05) is 12.1 Å². The fourth-order valence-electron chi connectivity index (χ4n) is 4.03. The molecule has 0 aromatic carbocycles. The second kappa shape index (κ2) is 5.94. The number of nitrogens with one attached hydrogen (secondary N) is 1. The predicted molar refractivity (Wildman–Crippen MR) is 81.9 cm³/mol. The molecule has 0 aromatic rings. The van der Waals surface area contributed by atoms with E-state index in [2.05, 4.69) is 53.8 Å². The minimum absolute atomic E-state index is 0.497. The molecule has 0 radical (unpaired) electrons. The summed E-state index contributed by atoms with van der Waals surface area (Å²) in [6.45, 7) is 16.7. The lowest BCUT2D eigenvalue weighted by molar-refractivity contribution is 0.0803. The SMILES string of the molecule is CC(C)CCC(C)NC1CC(C)(C)CC(C)(C)C1. The maximum absolute atomic E-state index is 3.89. The lowest BCUT2D eigenvalue weighted by Crippen LogP contribution is -2.46. The lowest BCUT2D eigenvalue weighted by atomic mass is 9.63. The highest BCUT2D eigenvalue weighted by Crippen LogP contribution is 2.45. The first kappa shape index (κ1) is 16.0. The van der Waals surface area contributed by atoms with Gasteiger partial charge in [-0.15, -0.1) is 0 Å². The molecule has 1 saturated carbocycles. The monoisotopic (exact) mass is 253 g/mol. The third-order valence-electron chi connectivity index (χ3n) is 4.25. The maximum atomic E-state index is 3.89. The van der Waals surface area contributed by atoms with Gasteiger partial charge in [-0.3, -0.25) is 0 Å². The fraction of sp³-hybridized carbons (Fsp3) is 1.00. The molecule has 1 rings (SSSR count). The van der Waals surface area contributed by atoms with Gasteiger partial charge in [0.2, 0.25) is 0 Å². The first-order valence-electron chi connectivity index (χ1n) is 7.86. The molecule has 0 amide bonds. The highest BCUT2D eigenvalue weighted by Gasteiger charge is 2.38. The van der Waals surface area contributed by atoms with Crippen molar-refractivity contribution in [1.82, 2.24) is 5.32 Å². The molecule has 1 N–H and O–H groups in total. The lowest BCUT2D eigenvalue weighted by Gasteiger charge is -2.46. The molecule has 1 aliphatic carbocycles. The standard InChI is InChI=1S/C17H35N/c1-13(2)8-9-14(3)18-15-10-16(4,5)12-17(6,7)11-15/h13-15,18H,8-12H2,1-7H3. The summed E-state index contributed by atoms with van der Waals surface area (Å²) in [5.41, 5.74) is 0.994. The molecule has 18 heavy (non-hydrogen) atoms. The zero-order valence-corrected chi connectivity index (χ0v) is 13.8. The van der Waals surface area contributed by atoms with Crippen LogP contribution in [0.25, 0.3) is 0 Å². The molecule has 108 valence electrons. The Kier molecular flexibility index (Phi) is 5.29. The van der Waals surface area contributed by atoms with Crippen molar-refractivity contribution in [2.75, 3.05) is 0 Å². The maximum Gasteiger partial charge on any atom is 0.00797 e. The largest absolute Gasteiger partial charge is 0.311 e. The van der Waals surface area contributed by atoms with Gasteiger partial charge in [0.25, 0.3) is 0 Å². The Hall–Kier alpha value is -0.0400. The molecule has 0 bridgehead atoms. The van der Waals surface area contributed by atoms with E-state index in [1.165, 1.54) is 32.1 Å². The summed E-state index contributed by atoms with van der Waals surface area (Å²) in [6.07, 6.45) is 6.69. The molecule has 0 spiro atoms. The normalized spacial score (nSPS) is 25.3. The number of hydrogen-bond acceptors (Lipinski definition) is 1. The summed E-state index contributed by atoms with van der Waals surface area (Å²) in [6, 6.07) is 1.38. The third kappa shape index (κ3) is 5.73. The van der Waals surface area contributed by atoms with E-state index in [0.717, 1.165) is 5.92 Å². The molecular weight excluding hydrogens is 218 g/mol. The van der Waals surface area contributed by atoms with Crippen molar-refractivity contribution in [3.05, 3.63) is 0 Å². The van der Waals surface area contributed by atoms with E-state index in [1.54, 1.807) is 0 Å². The summed E-state index contributed by atoms with van der Waals surface area (Å²) < 4.78 is 0. The van der Waals surface area contributed by atoms with Crippen LogP contribution in [0.3, 0.4) is 0 Å². The highest BCUT2D eigenvalue weighted by molar-refractivity contribution is 4.92. The highest BCUT2D eigenvalue weighted by atomic mass is 15.0. The Morgan fingerprint density at radius 3 is 1.89 bits per heavy atom. The van der Waals surface area contributed by atoms with E-state index in [0.29, 0.717) is 22.9 Å². The van der Waals surface area contributed by atoms with Crippen molar-refractivity contribution in [2.45, 2.75) is 92.7 Å². The Morgan fingerprint density at radius 2 is 1.44 bits per heavy atom. The Balaban J connectivity index is 2.46. The van der Waals surface area contributed by atoms with Gasteiger partial charge in [0.15, 0.2) is 0 Å². The van der Waals surface area contributed by atoms with Gasteiger partial charge in [-0.2, -0.15) is 0 Å². The molecular formula is C17H35N. The third-order valence-corrected chi connectivity index (χ3v) is 4.25. The number of rotatable bonds is 5. The van der Waals surface area contributed by atoms with Crippen LogP contribution >= 0.6 is 0 Å². The van der Waals surface area contributed by atoms with Gasteiger partial charge in [-0.1, -0.05) is 41.5 Å². The summed E-state index contributed by atoms with van der Waals surface area (Å²) >= 11 is 0. The van der Waals surface area contributed by atoms with Crippen LogP contribution in [-0.2, 0) is 0 Å². The van der Waals surface area contributed by atoms with Crippen LogP contribution in [0.1, 0.15) is 80.6 Å². The van der Waals surface area contributed by atoms with Crippen LogP contribution < -0.4 is 5.32 Å². The predicted octanol–water partition coefficient (Wildman–Crippen LogP) is 5.01. The van der Waals surface area contributed by atoms with E-state index < -0.39 is 0 Å². The topological polar surface area (TPSA) is 12.0 Å². The van der Waals surface area contributed by atoms with Gasteiger partial charge < -0.3 is 5.32 Å². The number of hydrogen-bond donors (Lipinski definition) is 1. The Morgan fingerprint density at radius 1 is 0.944 bits per heavy atom. The van der Waals surface area contributed by atoms with Gasteiger partial charge in [-0.25, -0.2) is 0 Å². The van der Waals surface area contributed by atoms with Crippen LogP contribution in [0.15, 0.2) is 0 Å². The van der Waals surface area contributed by atoms with E-state index in [9.17, 15) is 0 Å². The van der Waals surface area contributed by atoms with Crippen molar-refractivity contribution >= 4 is 0 Å². The quantitative estimate of drug-likeness (QED) is 0.726. The van der Waals surface area contributed by atoms with Crippen LogP contribution in [-0.4, -0.2) is 12.1 Å². The van der Waals surface area contributed by atoms with Crippen LogP contribution in [0.5, 0.6) is 0 Å². The molecule has 1 nitrogen and oxygen atoms in total. The summed E-state index contributed by atoms with van der Waals surface area (Å²) in [5, 5.41) is 3.89. The van der Waals surface area contributed by atoms with Crippen LogP contribution in [0, 0.1) is 16.7 Å². The van der Waals surface area contributed by atoms with Crippen LogP contribution in [0.4, 0.5) is 0 Å². The molecule has 1 aliphatic rings. The van der Waals surface area contributed by atoms with E-state index >= 15 is 0 Å². The van der Waals surface area contributed by atoms with Gasteiger partial charge in [0.05, 0.1) is 0 Å². The molecule has 0 saturated heterocycles. The van der Waals surface area contributed by atoms with Gasteiger partial charge in [0.1, 0.15) is 0 Å². The average molecular weight is 253 g/mol. The molecule has 1 fully saturated rings. The summed E-state index contributed by atoms with van der Waals surface area (Å²) in [5.74, 6) is 0.827. The molecule has 1 heteroatoms.